The Morgan fingerprint density at radius 3 is 1.32 bits per heavy atom. The highest BCUT2D eigenvalue weighted by molar-refractivity contribution is 6.13. The second-order valence-electron chi connectivity index (χ2n) is 10.9. The summed E-state index contributed by atoms with van der Waals surface area (Å²) in [5, 5.41) is 10.3. The number of carboxylic acids is 1. The van der Waals surface area contributed by atoms with E-state index in [1.165, 1.54) is 89.9 Å². The largest absolute Gasteiger partial charge is 0.479 e. The first-order chi connectivity index (χ1) is 18.6. The summed E-state index contributed by atoms with van der Waals surface area (Å²) in [6.07, 6.45) is 22.1. The molecule has 2 aromatic rings. The molecule has 1 atom stereocenters. The van der Waals surface area contributed by atoms with E-state index in [0.29, 0.717) is 12.8 Å². The third-order valence-corrected chi connectivity index (χ3v) is 7.85. The first-order valence-electron chi connectivity index (χ1n) is 15.6. The van der Waals surface area contributed by atoms with Gasteiger partial charge in [0.25, 0.3) is 0 Å². The zero-order chi connectivity index (χ0) is 27.3. The van der Waals surface area contributed by atoms with Crippen LogP contribution < -0.4 is 0 Å². The molecule has 3 nitrogen and oxygen atoms in total. The van der Waals surface area contributed by atoms with Gasteiger partial charge < -0.3 is 5.11 Å². The second kappa shape index (κ2) is 19.6. The maximum atomic E-state index is 12.5. The van der Waals surface area contributed by atoms with Crippen LogP contribution in [-0.2, 0) is 4.79 Å². The molecular formula is C35H53NO2. The van der Waals surface area contributed by atoms with Gasteiger partial charge in [-0.05, 0) is 12.8 Å². The van der Waals surface area contributed by atoms with Gasteiger partial charge in [-0.25, -0.2) is 4.79 Å². The normalized spacial score (nSPS) is 12.7. The fraction of sp³-hybridized carbons (Fsp3) is 0.600. The minimum absolute atomic E-state index is 0.490. The van der Waals surface area contributed by atoms with Gasteiger partial charge in [-0.15, -0.1) is 0 Å². The Kier molecular flexibility index (Phi) is 16.4. The van der Waals surface area contributed by atoms with E-state index in [2.05, 4.69) is 6.92 Å². The van der Waals surface area contributed by atoms with Gasteiger partial charge >= 0.3 is 5.97 Å². The van der Waals surface area contributed by atoms with Crippen molar-refractivity contribution in [1.82, 2.24) is 0 Å². The Balaban J connectivity index is 1.74. The van der Waals surface area contributed by atoms with Crippen LogP contribution in [0, 0.1) is 0 Å². The van der Waals surface area contributed by atoms with E-state index in [1.807, 2.05) is 67.6 Å². The molecule has 0 bridgehead atoms. The second-order valence-corrected chi connectivity index (χ2v) is 10.9. The van der Waals surface area contributed by atoms with Gasteiger partial charge in [0.2, 0.25) is 0 Å². The van der Waals surface area contributed by atoms with E-state index in [9.17, 15) is 9.90 Å². The zero-order valence-corrected chi connectivity index (χ0v) is 24.3. The molecule has 0 aromatic heterocycles. The lowest BCUT2D eigenvalue weighted by molar-refractivity contribution is -0.143. The predicted molar refractivity (Wildman–Crippen MR) is 163 cm³/mol. The molecule has 2 rings (SSSR count). The number of nitrogens with zero attached hydrogens (tertiary/aromatic N) is 1. The van der Waals surface area contributed by atoms with Crippen molar-refractivity contribution in [2.45, 2.75) is 135 Å². The average Bonchev–Trinajstić information content (AvgIpc) is 2.95. The Bertz CT molecular complexity index is 851. The minimum atomic E-state index is -1.09. The van der Waals surface area contributed by atoms with Gasteiger partial charge in [0, 0.05) is 11.1 Å². The molecule has 0 spiro atoms. The summed E-state index contributed by atoms with van der Waals surface area (Å²) in [6, 6.07) is 20.0. The number of rotatable bonds is 22. The molecule has 0 heterocycles. The van der Waals surface area contributed by atoms with Crippen LogP contribution in [0.1, 0.15) is 141 Å². The van der Waals surface area contributed by atoms with Crippen LogP contribution >= 0.6 is 0 Å². The summed E-state index contributed by atoms with van der Waals surface area (Å²) in [5.41, 5.74) is 1.61. The number of aliphatic imine (C=N–C) groups is 1. The Labute approximate surface area is 233 Å². The van der Waals surface area contributed by atoms with Crippen molar-refractivity contribution in [2.24, 2.45) is 4.99 Å². The van der Waals surface area contributed by atoms with E-state index in [0.717, 1.165) is 29.7 Å². The Hall–Kier alpha value is -2.42. The van der Waals surface area contributed by atoms with Crippen LogP contribution in [-0.4, -0.2) is 22.3 Å². The predicted octanol–water partition coefficient (Wildman–Crippen LogP) is 10.4. The maximum Gasteiger partial charge on any atom is 0.331 e. The van der Waals surface area contributed by atoms with E-state index in [1.54, 1.807) is 0 Å². The molecule has 0 aliphatic rings. The molecule has 0 fully saturated rings. The molecule has 1 unspecified atom stereocenters. The van der Waals surface area contributed by atoms with Crippen molar-refractivity contribution in [2.75, 3.05) is 0 Å². The van der Waals surface area contributed by atoms with Gasteiger partial charge in [0.15, 0.2) is 5.54 Å². The minimum Gasteiger partial charge on any atom is -0.479 e. The van der Waals surface area contributed by atoms with E-state index in [4.69, 9.17) is 4.99 Å². The molecular weight excluding hydrogens is 466 g/mol. The van der Waals surface area contributed by atoms with Gasteiger partial charge in [-0.3, -0.25) is 4.99 Å². The quantitative estimate of drug-likeness (QED) is 0.124. The molecule has 0 aliphatic heterocycles. The number of carboxylic acid groups (broad SMARTS) is 1. The number of hydrogen-bond acceptors (Lipinski definition) is 2. The van der Waals surface area contributed by atoms with Gasteiger partial charge in [0.1, 0.15) is 0 Å². The lowest BCUT2D eigenvalue weighted by Crippen LogP contribution is -2.37. The number of aliphatic carboxylic acids is 1. The third kappa shape index (κ3) is 12.0. The van der Waals surface area contributed by atoms with E-state index in [-0.39, 0.29) is 0 Å². The highest BCUT2D eigenvalue weighted by atomic mass is 16.4. The fourth-order valence-corrected chi connectivity index (χ4v) is 5.29. The van der Waals surface area contributed by atoms with Crippen molar-refractivity contribution in [3.8, 4) is 0 Å². The van der Waals surface area contributed by atoms with Crippen molar-refractivity contribution in [3.05, 3.63) is 71.8 Å². The summed E-state index contributed by atoms with van der Waals surface area (Å²) in [4.78, 5) is 17.5. The maximum absolute atomic E-state index is 12.5. The van der Waals surface area contributed by atoms with Crippen molar-refractivity contribution >= 4 is 11.7 Å². The topological polar surface area (TPSA) is 49.7 Å². The number of hydrogen-bond donors (Lipinski definition) is 1. The van der Waals surface area contributed by atoms with Crippen molar-refractivity contribution < 1.29 is 9.90 Å². The number of unbranched alkanes of at least 4 members (excludes halogenated alkanes) is 15. The summed E-state index contributed by atoms with van der Waals surface area (Å²) >= 11 is 0. The van der Waals surface area contributed by atoms with Crippen molar-refractivity contribution in [1.29, 1.82) is 0 Å². The number of carbonyl (C=O) groups is 1. The summed E-state index contributed by atoms with van der Waals surface area (Å²) in [6.45, 7) is 4.23. The average molecular weight is 520 g/mol. The van der Waals surface area contributed by atoms with Gasteiger partial charge in [-0.2, -0.15) is 0 Å². The van der Waals surface area contributed by atoms with Crippen LogP contribution in [0.25, 0.3) is 0 Å². The first kappa shape index (κ1) is 31.8. The molecule has 0 amide bonds. The summed E-state index contributed by atoms with van der Waals surface area (Å²) < 4.78 is 0. The van der Waals surface area contributed by atoms with Crippen LogP contribution in [0.15, 0.2) is 65.7 Å². The molecule has 0 saturated heterocycles. The highest BCUT2D eigenvalue weighted by Crippen LogP contribution is 2.28. The Morgan fingerprint density at radius 1 is 0.605 bits per heavy atom. The molecule has 210 valence electrons. The highest BCUT2D eigenvalue weighted by Gasteiger charge is 2.36. The standard InChI is InChI=1S/C35H53NO2/c1-3-5-6-7-8-9-10-11-12-13-14-15-16-17-18-25-30-35(4-2,34(37)38)36-33(31-26-21-19-22-27-31)32-28-23-20-24-29-32/h19-24,26-29H,3-18,25,30H2,1-2H3,(H,37,38). The first-order valence-corrected chi connectivity index (χ1v) is 15.6. The van der Waals surface area contributed by atoms with Crippen LogP contribution in [0.3, 0.4) is 0 Å². The lowest BCUT2D eigenvalue weighted by Gasteiger charge is -2.26. The molecule has 0 aliphatic carbocycles. The smallest absolute Gasteiger partial charge is 0.331 e. The molecule has 38 heavy (non-hydrogen) atoms. The van der Waals surface area contributed by atoms with Gasteiger partial charge in [-0.1, -0.05) is 177 Å². The summed E-state index contributed by atoms with van der Waals surface area (Å²) in [5.74, 6) is -0.815. The molecule has 3 heteroatoms. The molecule has 1 N–H and O–H groups in total. The van der Waals surface area contributed by atoms with E-state index >= 15 is 0 Å². The van der Waals surface area contributed by atoms with Crippen LogP contribution in [0.2, 0.25) is 0 Å². The van der Waals surface area contributed by atoms with Gasteiger partial charge in [0.05, 0.1) is 5.71 Å². The van der Waals surface area contributed by atoms with Crippen LogP contribution in [0.4, 0.5) is 0 Å². The Morgan fingerprint density at radius 2 is 0.974 bits per heavy atom. The van der Waals surface area contributed by atoms with E-state index < -0.39 is 11.5 Å². The molecule has 0 radical (unpaired) electrons. The van der Waals surface area contributed by atoms with Crippen molar-refractivity contribution in [3.63, 3.8) is 0 Å². The summed E-state index contributed by atoms with van der Waals surface area (Å²) in [7, 11) is 0. The molecule has 2 aromatic carbocycles. The zero-order valence-electron chi connectivity index (χ0n) is 24.3. The fourth-order valence-electron chi connectivity index (χ4n) is 5.29. The lowest BCUT2D eigenvalue weighted by atomic mass is 9.88. The molecule has 0 saturated carbocycles. The monoisotopic (exact) mass is 519 g/mol. The van der Waals surface area contributed by atoms with Crippen LogP contribution in [0.5, 0.6) is 0 Å². The SMILES string of the molecule is CCCCCCCCCCCCCCCCCCC(CC)(N=C(c1ccccc1)c1ccccc1)C(=O)O. The number of benzene rings is 2. The third-order valence-electron chi connectivity index (χ3n) is 7.85.